The van der Waals surface area contributed by atoms with E-state index in [1.165, 1.54) is 0 Å². The van der Waals surface area contributed by atoms with Gasteiger partial charge in [0.15, 0.2) is 5.78 Å². The van der Waals surface area contributed by atoms with Crippen LogP contribution < -0.4 is 5.32 Å². The van der Waals surface area contributed by atoms with Crippen molar-refractivity contribution in [3.05, 3.63) is 82.1 Å². The van der Waals surface area contributed by atoms with Gasteiger partial charge in [0.2, 0.25) is 0 Å². The summed E-state index contributed by atoms with van der Waals surface area (Å²) in [4.78, 5) is 24.4. The largest absolute Gasteiger partial charge is 0.339 e. The van der Waals surface area contributed by atoms with Gasteiger partial charge in [-0.1, -0.05) is 35.3 Å². The van der Waals surface area contributed by atoms with Gasteiger partial charge >= 0.3 is 0 Å². The molecule has 4 aromatic rings. The number of hydrogen-bond donors (Lipinski definition) is 1. The summed E-state index contributed by atoms with van der Waals surface area (Å²) in [5, 5.41) is 5.41. The molecule has 0 bridgehead atoms. The summed E-state index contributed by atoms with van der Waals surface area (Å²) >= 11 is 12.5. The molecular formula is C27H24Cl2N4O. The van der Waals surface area contributed by atoms with Crippen molar-refractivity contribution in [1.82, 2.24) is 14.9 Å². The maximum Gasteiger partial charge on any atom is 0.169 e. The SMILES string of the molecule is CN(C)Cc1ccc(Nc2c(C(=O)C3CC3)cnc3ccc(-c4cc(Cl)cc(Cl)c4)cc23)nc1. The quantitative estimate of drug-likeness (QED) is 0.282. The lowest BCUT2D eigenvalue weighted by atomic mass is 9.99. The predicted octanol–water partition coefficient (Wildman–Crippen LogP) is 7.00. The molecule has 1 aliphatic carbocycles. The van der Waals surface area contributed by atoms with E-state index < -0.39 is 0 Å². The number of benzene rings is 2. The summed E-state index contributed by atoms with van der Waals surface area (Å²) in [5.74, 6) is 0.874. The smallest absolute Gasteiger partial charge is 0.169 e. The number of aromatic nitrogens is 2. The van der Waals surface area contributed by atoms with Gasteiger partial charge in [-0.25, -0.2) is 4.98 Å². The summed E-state index contributed by atoms with van der Waals surface area (Å²) < 4.78 is 0. The number of carbonyl (C=O) groups is 1. The topological polar surface area (TPSA) is 58.1 Å². The van der Waals surface area contributed by atoms with E-state index in [4.69, 9.17) is 23.2 Å². The Morgan fingerprint density at radius 3 is 2.38 bits per heavy atom. The Hall–Kier alpha value is -2.99. The first kappa shape index (κ1) is 22.8. The zero-order chi connectivity index (χ0) is 23.8. The van der Waals surface area contributed by atoms with Crippen LogP contribution in [0, 0.1) is 5.92 Å². The molecule has 5 nitrogen and oxygen atoms in total. The highest BCUT2D eigenvalue weighted by atomic mass is 35.5. The molecule has 1 fully saturated rings. The first-order chi connectivity index (χ1) is 16.4. The third-order valence-electron chi connectivity index (χ3n) is 5.85. The van der Waals surface area contributed by atoms with E-state index in [9.17, 15) is 4.79 Å². The number of carbonyl (C=O) groups excluding carboxylic acids is 1. The highest BCUT2D eigenvalue weighted by Crippen LogP contribution is 2.38. The van der Waals surface area contributed by atoms with E-state index in [2.05, 4.69) is 20.2 Å². The number of halogens is 2. The van der Waals surface area contributed by atoms with Gasteiger partial charge in [0.1, 0.15) is 5.82 Å². The highest BCUT2D eigenvalue weighted by molar-refractivity contribution is 6.35. The van der Waals surface area contributed by atoms with Gasteiger partial charge in [0.25, 0.3) is 0 Å². The first-order valence-corrected chi connectivity index (χ1v) is 11.9. The second-order valence-corrected chi connectivity index (χ2v) is 9.86. The van der Waals surface area contributed by atoms with Gasteiger partial charge in [-0.05, 0) is 80.0 Å². The molecule has 0 amide bonds. The predicted molar refractivity (Wildman–Crippen MR) is 139 cm³/mol. The number of nitrogens with one attached hydrogen (secondary N) is 1. The second-order valence-electron chi connectivity index (χ2n) is 8.99. The number of hydrogen-bond acceptors (Lipinski definition) is 5. The first-order valence-electron chi connectivity index (χ1n) is 11.2. The second kappa shape index (κ2) is 9.34. The van der Waals surface area contributed by atoms with Crippen molar-refractivity contribution in [1.29, 1.82) is 0 Å². The van der Waals surface area contributed by atoms with Gasteiger partial charge in [-0.3, -0.25) is 9.78 Å². The molecule has 1 saturated carbocycles. The summed E-state index contributed by atoms with van der Waals surface area (Å²) in [7, 11) is 4.05. The van der Waals surface area contributed by atoms with Crippen molar-refractivity contribution < 1.29 is 4.79 Å². The Morgan fingerprint density at radius 1 is 0.971 bits per heavy atom. The number of fused-ring (bicyclic) bond motifs is 1. The fourth-order valence-electron chi connectivity index (χ4n) is 4.06. The Balaban J connectivity index is 1.61. The molecule has 0 radical (unpaired) electrons. The Kier molecular flexibility index (Phi) is 6.26. The Bertz CT molecular complexity index is 1360. The lowest BCUT2D eigenvalue weighted by molar-refractivity contribution is 0.0968. The van der Waals surface area contributed by atoms with Crippen molar-refractivity contribution in [2.45, 2.75) is 19.4 Å². The van der Waals surface area contributed by atoms with Crippen LogP contribution in [0.5, 0.6) is 0 Å². The van der Waals surface area contributed by atoms with Crippen LogP contribution in [0.25, 0.3) is 22.0 Å². The van der Waals surface area contributed by atoms with Crippen LogP contribution in [-0.4, -0.2) is 34.7 Å². The number of pyridine rings is 2. The highest BCUT2D eigenvalue weighted by Gasteiger charge is 2.32. The van der Waals surface area contributed by atoms with Gasteiger partial charge < -0.3 is 10.2 Å². The number of anilines is 2. The minimum Gasteiger partial charge on any atom is -0.339 e. The van der Waals surface area contributed by atoms with Crippen LogP contribution in [0.15, 0.2) is 60.9 Å². The van der Waals surface area contributed by atoms with E-state index in [-0.39, 0.29) is 11.7 Å². The molecule has 7 heteroatoms. The average Bonchev–Trinajstić information content (AvgIpc) is 3.64. The van der Waals surface area contributed by atoms with Crippen LogP contribution in [0.2, 0.25) is 10.0 Å². The zero-order valence-corrected chi connectivity index (χ0v) is 20.5. The molecule has 0 spiro atoms. The van der Waals surface area contributed by atoms with Crippen molar-refractivity contribution in [2.24, 2.45) is 5.92 Å². The van der Waals surface area contributed by atoms with Crippen LogP contribution in [0.4, 0.5) is 11.5 Å². The van der Waals surface area contributed by atoms with Crippen molar-refractivity contribution >= 4 is 51.4 Å². The lowest BCUT2D eigenvalue weighted by Crippen LogP contribution is -2.11. The van der Waals surface area contributed by atoms with Gasteiger partial charge in [0.05, 0.1) is 16.8 Å². The van der Waals surface area contributed by atoms with E-state index in [1.807, 2.05) is 62.8 Å². The molecule has 0 atom stereocenters. The minimum absolute atomic E-state index is 0.0742. The lowest BCUT2D eigenvalue weighted by Gasteiger charge is -2.15. The summed E-state index contributed by atoms with van der Waals surface area (Å²) in [5.41, 5.74) is 5.06. The minimum atomic E-state index is 0.0742. The molecule has 0 saturated heterocycles. The van der Waals surface area contributed by atoms with Crippen molar-refractivity contribution in [3.8, 4) is 11.1 Å². The third kappa shape index (κ3) is 4.92. The fraction of sp³-hybridized carbons (Fsp3) is 0.222. The van der Waals surface area contributed by atoms with Gasteiger partial charge in [-0.2, -0.15) is 0 Å². The number of Topliss-reactive ketones (excluding diaryl/α,β-unsaturated/α-hetero) is 1. The van der Waals surface area contributed by atoms with Gasteiger partial charge in [-0.15, -0.1) is 0 Å². The van der Waals surface area contributed by atoms with Gasteiger partial charge in [0, 0.05) is 40.3 Å². The summed E-state index contributed by atoms with van der Waals surface area (Å²) in [6.45, 7) is 0.808. The number of ketones is 1. The number of rotatable bonds is 7. The molecule has 0 aliphatic heterocycles. The third-order valence-corrected chi connectivity index (χ3v) is 6.29. The van der Waals surface area contributed by atoms with Crippen LogP contribution in [0.1, 0.15) is 28.8 Å². The van der Waals surface area contributed by atoms with E-state index >= 15 is 0 Å². The van der Waals surface area contributed by atoms with E-state index in [0.717, 1.165) is 52.7 Å². The molecule has 2 heterocycles. The standard InChI is InChI=1S/C27H24Cl2N4O/c1-33(2)15-16-3-8-25(31-13-16)32-26-22-11-18(19-9-20(28)12-21(29)10-19)6-7-24(22)30-14-23(26)27(34)17-4-5-17/h3,6-14,17H,4-5,15H2,1-2H3,(H,30,31,32). The number of nitrogens with zero attached hydrogens (tertiary/aromatic N) is 3. The zero-order valence-electron chi connectivity index (χ0n) is 19.0. The summed E-state index contributed by atoms with van der Waals surface area (Å²) in [6.07, 6.45) is 5.39. The van der Waals surface area contributed by atoms with E-state index in [0.29, 0.717) is 21.4 Å². The molecular weight excluding hydrogens is 467 g/mol. The maximum absolute atomic E-state index is 13.1. The monoisotopic (exact) mass is 490 g/mol. The summed E-state index contributed by atoms with van der Waals surface area (Å²) in [6, 6.07) is 15.4. The molecule has 1 N–H and O–H groups in total. The normalized spacial score (nSPS) is 13.4. The Labute approximate surface area is 208 Å². The van der Waals surface area contributed by atoms with Crippen LogP contribution in [-0.2, 0) is 6.54 Å². The maximum atomic E-state index is 13.1. The van der Waals surface area contributed by atoms with Crippen molar-refractivity contribution in [3.63, 3.8) is 0 Å². The molecule has 5 rings (SSSR count). The molecule has 2 aromatic heterocycles. The average molecular weight is 491 g/mol. The van der Waals surface area contributed by atoms with Crippen LogP contribution in [0.3, 0.4) is 0 Å². The molecule has 2 aromatic carbocycles. The molecule has 0 unspecified atom stereocenters. The van der Waals surface area contributed by atoms with Crippen molar-refractivity contribution in [2.75, 3.05) is 19.4 Å². The molecule has 1 aliphatic rings. The Morgan fingerprint density at radius 2 is 1.74 bits per heavy atom. The molecule has 172 valence electrons. The van der Waals surface area contributed by atoms with E-state index in [1.54, 1.807) is 12.3 Å². The van der Waals surface area contributed by atoms with Crippen LogP contribution >= 0.6 is 23.2 Å². The molecule has 34 heavy (non-hydrogen) atoms. The fourth-order valence-corrected chi connectivity index (χ4v) is 4.59.